The quantitative estimate of drug-likeness (QED) is 0.809. The van der Waals surface area contributed by atoms with Crippen molar-refractivity contribution in [2.75, 3.05) is 23.8 Å². The Morgan fingerprint density at radius 1 is 1.21 bits per heavy atom. The van der Waals surface area contributed by atoms with Crippen molar-refractivity contribution in [3.05, 3.63) is 66.0 Å². The Bertz CT molecular complexity index is 973. The first-order valence-electron chi connectivity index (χ1n) is 9.25. The van der Waals surface area contributed by atoms with E-state index in [0.29, 0.717) is 16.9 Å². The summed E-state index contributed by atoms with van der Waals surface area (Å²) < 4.78 is 13.7. The van der Waals surface area contributed by atoms with E-state index in [1.54, 1.807) is 49.4 Å². The van der Waals surface area contributed by atoms with Crippen molar-refractivity contribution in [1.29, 1.82) is 0 Å². The fraction of sp³-hybridized carbons (Fsp3) is 0.227. The van der Waals surface area contributed by atoms with Crippen LogP contribution in [0.4, 0.5) is 15.8 Å². The number of carbonyl (C=O) groups is 3. The van der Waals surface area contributed by atoms with Gasteiger partial charge in [0.2, 0.25) is 17.7 Å². The van der Waals surface area contributed by atoms with E-state index < -0.39 is 11.7 Å². The summed E-state index contributed by atoms with van der Waals surface area (Å²) >= 11 is 0. The molecule has 1 unspecified atom stereocenters. The summed E-state index contributed by atoms with van der Waals surface area (Å²) in [5, 5.41) is 2.80. The van der Waals surface area contributed by atoms with E-state index >= 15 is 0 Å². The van der Waals surface area contributed by atoms with Gasteiger partial charge in [0.1, 0.15) is 12.4 Å². The predicted octanol–water partition coefficient (Wildman–Crippen LogP) is 3.06. The van der Waals surface area contributed by atoms with Gasteiger partial charge in [-0.1, -0.05) is 30.3 Å². The molecular weight excluding hydrogens is 373 g/mol. The molecule has 3 rings (SSSR count). The van der Waals surface area contributed by atoms with Crippen LogP contribution in [0.15, 0.2) is 54.6 Å². The highest BCUT2D eigenvalue weighted by Gasteiger charge is 2.30. The molecule has 0 radical (unpaired) electrons. The first kappa shape index (κ1) is 20.3. The number of nitrogens with one attached hydrogen (secondary N) is 1. The molecule has 0 fully saturated rings. The Labute approximate surface area is 168 Å². The number of likely N-dealkylation sites (N-methyl/N-ethyl adjacent to an activating group) is 1. The van der Waals surface area contributed by atoms with Gasteiger partial charge in [0.25, 0.3) is 0 Å². The van der Waals surface area contributed by atoms with Crippen molar-refractivity contribution in [1.82, 2.24) is 4.90 Å². The van der Waals surface area contributed by atoms with Crippen molar-refractivity contribution in [2.45, 2.75) is 19.4 Å². The number of amides is 3. The normalized spacial score (nSPS) is 16.2. The molecule has 1 aliphatic heterocycles. The van der Waals surface area contributed by atoms with Gasteiger partial charge in [-0.3, -0.25) is 14.4 Å². The van der Waals surface area contributed by atoms with Crippen LogP contribution in [-0.2, 0) is 14.4 Å². The van der Waals surface area contributed by atoms with Crippen molar-refractivity contribution < 1.29 is 18.8 Å². The molecule has 1 atom stereocenters. The lowest BCUT2D eigenvalue weighted by Crippen LogP contribution is -2.45. The van der Waals surface area contributed by atoms with Gasteiger partial charge < -0.3 is 15.1 Å². The number of nitrogens with zero attached hydrogens (tertiary/aromatic N) is 2. The number of benzene rings is 2. The Hall–Kier alpha value is -3.48. The minimum absolute atomic E-state index is 0.158. The van der Waals surface area contributed by atoms with Crippen LogP contribution in [0.5, 0.6) is 0 Å². The maximum atomic E-state index is 13.7. The van der Waals surface area contributed by atoms with E-state index in [0.717, 1.165) is 0 Å². The number of anilines is 2. The summed E-state index contributed by atoms with van der Waals surface area (Å²) in [5.41, 5.74) is 1.45. The topological polar surface area (TPSA) is 69.7 Å². The summed E-state index contributed by atoms with van der Waals surface area (Å²) in [5.74, 6) is -1.33. The van der Waals surface area contributed by atoms with Crippen LogP contribution in [0.3, 0.4) is 0 Å². The highest BCUT2D eigenvalue weighted by Crippen LogP contribution is 2.31. The van der Waals surface area contributed by atoms with Gasteiger partial charge in [-0.25, -0.2) is 4.39 Å². The van der Waals surface area contributed by atoms with Crippen molar-refractivity contribution in [3.8, 4) is 0 Å². The zero-order chi connectivity index (χ0) is 21.0. The van der Waals surface area contributed by atoms with E-state index in [1.807, 2.05) is 0 Å². The van der Waals surface area contributed by atoms with Crippen LogP contribution in [0.1, 0.15) is 18.9 Å². The van der Waals surface area contributed by atoms with E-state index in [1.165, 1.54) is 35.1 Å². The van der Waals surface area contributed by atoms with Crippen LogP contribution >= 0.6 is 0 Å². The number of hydrogen-bond acceptors (Lipinski definition) is 3. The Morgan fingerprint density at radius 2 is 1.90 bits per heavy atom. The van der Waals surface area contributed by atoms with E-state index in [9.17, 15) is 18.8 Å². The molecule has 0 saturated heterocycles. The third kappa shape index (κ3) is 4.68. The zero-order valence-electron chi connectivity index (χ0n) is 16.3. The van der Waals surface area contributed by atoms with Gasteiger partial charge in [0.15, 0.2) is 0 Å². The smallest absolute Gasteiger partial charge is 0.246 e. The first-order chi connectivity index (χ1) is 13.9. The minimum atomic E-state index is -0.428. The van der Waals surface area contributed by atoms with Gasteiger partial charge >= 0.3 is 0 Å². The summed E-state index contributed by atoms with van der Waals surface area (Å²) in [6.07, 6.45) is 2.77. The highest BCUT2D eigenvalue weighted by molar-refractivity contribution is 6.06. The zero-order valence-corrected chi connectivity index (χ0v) is 16.3. The molecule has 7 heteroatoms. The molecule has 0 aliphatic carbocycles. The van der Waals surface area contributed by atoms with Gasteiger partial charge in [-0.2, -0.15) is 0 Å². The Kier molecular flexibility index (Phi) is 6.07. The molecule has 0 bridgehead atoms. The molecule has 0 spiro atoms. The average Bonchev–Trinajstić information content (AvgIpc) is 2.81. The summed E-state index contributed by atoms with van der Waals surface area (Å²) in [4.78, 5) is 40.2. The lowest BCUT2D eigenvalue weighted by molar-refractivity contribution is -0.130. The molecule has 3 amide bonds. The van der Waals surface area contributed by atoms with E-state index in [4.69, 9.17) is 0 Å². The molecule has 1 N–H and O–H groups in total. The Balaban J connectivity index is 1.74. The second-order valence-electron chi connectivity index (χ2n) is 6.93. The molecule has 0 saturated carbocycles. The fourth-order valence-electron chi connectivity index (χ4n) is 3.22. The fourth-order valence-corrected chi connectivity index (χ4v) is 3.22. The maximum absolute atomic E-state index is 13.7. The summed E-state index contributed by atoms with van der Waals surface area (Å²) in [7, 11) is 1.50. The molecule has 29 heavy (non-hydrogen) atoms. The number of rotatable bonds is 4. The highest BCUT2D eigenvalue weighted by atomic mass is 19.1. The van der Waals surface area contributed by atoms with Crippen molar-refractivity contribution >= 4 is 35.2 Å². The molecular formula is C22H22FN3O3. The van der Waals surface area contributed by atoms with Crippen LogP contribution in [-0.4, -0.2) is 42.3 Å². The average molecular weight is 395 g/mol. The lowest BCUT2D eigenvalue weighted by Gasteiger charge is -2.29. The number of para-hydroxylation sites is 2. The number of fused-ring (bicyclic) bond motifs is 1. The third-order valence-electron chi connectivity index (χ3n) is 4.69. The third-order valence-corrected chi connectivity index (χ3v) is 4.69. The SMILES string of the molecule is CC1CC(=O)Nc2ccccc2N1C(=O)CN(C)C(=O)C=Cc1ccccc1F. The van der Waals surface area contributed by atoms with E-state index in [2.05, 4.69) is 5.32 Å². The standard InChI is InChI=1S/C22H22FN3O3/c1-15-13-20(27)24-18-9-5-6-10-19(18)26(15)22(29)14-25(2)21(28)12-11-16-7-3-4-8-17(16)23/h3-12,15H,13-14H2,1-2H3,(H,24,27). The molecule has 2 aromatic carbocycles. The van der Waals surface area contributed by atoms with Crippen LogP contribution in [0.2, 0.25) is 0 Å². The largest absolute Gasteiger partial charge is 0.333 e. The second kappa shape index (κ2) is 8.68. The Morgan fingerprint density at radius 3 is 2.66 bits per heavy atom. The van der Waals surface area contributed by atoms with Crippen molar-refractivity contribution in [3.63, 3.8) is 0 Å². The number of hydrogen-bond donors (Lipinski definition) is 1. The van der Waals surface area contributed by atoms with Crippen LogP contribution in [0, 0.1) is 5.82 Å². The van der Waals surface area contributed by atoms with Gasteiger partial charge in [0, 0.05) is 31.1 Å². The second-order valence-corrected chi connectivity index (χ2v) is 6.93. The molecule has 6 nitrogen and oxygen atoms in total. The van der Waals surface area contributed by atoms with Gasteiger partial charge in [-0.15, -0.1) is 0 Å². The molecule has 1 heterocycles. The van der Waals surface area contributed by atoms with E-state index in [-0.39, 0.29) is 30.8 Å². The number of halogens is 1. The summed E-state index contributed by atoms with van der Waals surface area (Å²) in [6.45, 7) is 1.62. The molecule has 0 aromatic heterocycles. The summed E-state index contributed by atoms with van der Waals surface area (Å²) in [6, 6.07) is 12.8. The lowest BCUT2D eigenvalue weighted by atomic mass is 10.1. The van der Waals surface area contributed by atoms with Gasteiger partial charge in [-0.05, 0) is 31.2 Å². The molecule has 1 aliphatic rings. The minimum Gasteiger partial charge on any atom is -0.333 e. The van der Waals surface area contributed by atoms with Crippen molar-refractivity contribution in [2.24, 2.45) is 0 Å². The maximum Gasteiger partial charge on any atom is 0.246 e. The first-order valence-corrected chi connectivity index (χ1v) is 9.25. The predicted molar refractivity (Wildman–Crippen MR) is 110 cm³/mol. The van der Waals surface area contributed by atoms with Crippen LogP contribution in [0.25, 0.3) is 6.08 Å². The molecule has 150 valence electrons. The van der Waals surface area contributed by atoms with Crippen LogP contribution < -0.4 is 10.2 Å². The molecule has 2 aromatic rings. The monoisotopic (exact) mass is 395 g/mol. The van der Waals surface area contributed by atoms with Gasteiger partial charge in [0.05, 0.1) is 11.4 Å². The number of carbonyl (C=O) groups excluding carboxylic acids is 3.